The number of nitrogens with one attached hydrogen (secondary N) is 1. The van der Waals surface area contributed by atoms with Crippen LogP contribution in [0.25, 0.3) is 0 Å². The van der Waals surface area contributed by atoms with E-state index in [1.807, 2.05) is 6.92 Å². The van der Waals surface area contributed by atoms with Crippen molar-refractivity contribution in [2.24, 2.45) is 5.73 Å². The molecule has 1 amide bonds. The van der Waals surface area contributed by atoms with Crippen LogP contribution in [-0.4, -0.2) is 29.6 Å². The molecule has 4 N–H and O–H groups in total. The first kappa shape index (κ1) is 10.9. The van der Waals surface area contributed by atoms with Crippen molar-refractivity contribution in [1.29, 1.82) is 0 Å². The van der Waals surface area contributed by atoms with Gasteiger partial charge >= 0.3 is 5.97 Å². The van der Waals surface area contributed by atoms with Gasteiger partial charge in [-0.25, -0.2) is 4.79 Å². The van der Waals surface area contributed by atoms with Crippen molar-refractivity contribution in [2.75, 3.05) is 6.54 Å². The SMILES string of the molecule is CCN.O=C1CC[C@@H](C(=O)O)N1. The van der Waals surface area contributed by atoms with Gasteiger partial charge in [0.2, 0.25) is 5.91 Å². The first-order valence-electron chi connectivity index (χ1n) is 3.84. The molecule has 0 aromatic carbocycles. The van der Waals surface area contributed by atoms with Crippen LogP contribution in [0.3, 0.4) is 0 Å². The summed E-state index contributed by atoms with van der Waals surface area (Å²) in [5, 5.41) is 10.6. The predicted molar refractivity (Wildman–Crippen MR) is 43.5 cm³/mol. The van der Waals surface area contributed by atoms with Crippen molar-refractivity contribution in [3.63, 3.8) is 0 Å². The fraction of sp³-hybridized carbons (Fsp3) is 0.714. The molecule has 0 unspecified atom stereocenters. The molecule has 0 aliphatic carbocycles. The van der Waals surface area contributed by atoms with Crippen LogP contribution >= 0.6 is 0 Å². The summed E-state index contributed by atoms with van der Waals surface area (Å²) in [6.45, 7) is 2.65. The van der Waals surface area contributed by atoms with Crippen molar-refractivity contribution in [1.82, 2.24) is 5.32 Å². The second-order valence-electron chi connectivity index (χ2n) is 2.41. The maximum Gasteiger partial charge on any atom is 0.326 e. The van der Waals surface area contributed by atoms with Crippen LogP contribution < -0.4 is 11.1 Å². The Morgan fingerprint density at radius 1 is 1.83 bits per heavy atom. The number of carboxylic acids is 1. The second kappa shape index (κ2) is 5.54. The number of amides is 1. The summed E-state index contributed by atoms with van der Waals surface area (Å²) in [6.07, 6.45) is 0.769. The molecule has 1 heterocycles. The minimum atomic E-state index is -0.944. The van der Waals surface area contributed by atoms with E-state index in [0.717, 1.165) is 6.54 Å². The highest BCUT2D eigenvalue weighted by Gasteiger charge is 2.26. The molecule has 1 fully saturated rings. The number of nitrogens with two attached hydrogens (primary N) is 1. The Labute approximate surface area is 70.9 Å². The molecule has 1 saturated heterocycles. The predicted octanol–water partition coefficient (Wildman–Crippen LogP) is -0.685. The van der Waals surface area contributed by atoms with Crippen LogP contribution in [0.15, 0.2) is 0 Å². The Morgan fingerprint density at radius 3 is 2.50 bits per heavy atom. The Kier molecular flexibility index (Phi) is 5.03. The third-order valence-electron chi connectivity index (χ3n) is 1.29. The average molecular weight is 174 g/mol. The number of rotatable bonds is 1. The third-order valence-corrected chi connectivity index (χ3v) is 1.29. The molecule has 1 aliphatic rings. The van der Waals surface area contributed by atoms with Gasteiger partial charge in [0.1, 0.15) is 6.04 Å². The maximum absolute atomic E-state index is 10.4. The minimum absolute atomic E-state index is 0.164. The summed E-state index contributed by atoms with van der Waals surface area (Å²) in [5.41, 5.74) is 4.85. The molecule has 1 rings (SSSR count). The van der Waals surface area contributed by atoms with Gasteiger partial charge in [0.05, 0.1) is 0 Å². The molecular weight excluding hydrogens is 160 g/mol. The van der Waals surface area contributed by atoms with E-state index in [1.165, 1.54) is 0 Å². The minimum Gasteiger partial charge on any atom is -0.480 e. The maximum atomic E-state index is 10.4. The number of hydrogen-bond acceptors (Lipinski definition) is 3. The summed E-state index contributed by atoms with van der Waals surface area (Å²) >= 11 is 0. The van der Waals surface area contributed by atoms with Crippen molar-refractivity contribution in [2.45, 2.75) is 25.8 Å². The van der Waals surface area contributed by atoms with E-state index < -0.39 is 12.0 Å². The highest BCUT2D eigenvalue weighted by Crippen LogP contribution is 2.05. The van der Waals surface area contributed by atoms with Gasteiger partial charge in [-0.2, -0.15) is 0 Å². The first-order chi connectivity index (χ1) is 5.61. The summed E-state index contributed by atoms with van der Waals surface area (Å²) in [6, 6.07) is -0.641. The smallest absolute Gasteiger partial charge is 0.326 e. The van der Waals surface area contributed by atoms with E-state index in [2.05, 4.69) is 5.32 Å². The molecule has 0 aromatic rings. The van der Waals surface area contributed by atoms with Gasteiger partial charge in [0, 0.05) is 6.42 Å². The van der Waals surface area contributed by atoms with E-state index in [-0.39, 0.29) is 5.91 Å². The van der Waals surface area contributed by atoms with Crippen LogP contribution in [0.5, 0.6) is 0 Å². The zero-order valence-electron chi connectivity index (χ0n) is 7.04. The summed E-state index contributed by atoms with van der Waals surface area (Å²) < 4.78 is 0. The summed E-state index contributed by atoms with van der Waals surface area (Å²) in [7, 11) is 0. The average Bonchev–Trinajstić information content (AvgIpc) is 2.37. The molecule has 0 aromatic heterocycles. The number of carboxylic acid groups (broad SMARTS) is 1. The summed E-state index contributed by atoms with van der Waals surface area (Å²) in [5.74, 6) is -1.11. The molecule has 70 valence electrons. The van der Waals surface area contributed by atoms with Crippen LogP contribution in [-0.2, 0) is 9.59 Å². The van der Waals surface area contributed by atoms with E-state index >= 15 is 0 Å². The number of hydrogen-bond donors (Lipinski definition) is 3. The lowest BCUT2D eigenvalue weighted by atomic mass is 10.2. The van der Waals surface area contributed by atoms with E-state index in [0.29, 0.717) is 12.8 Å². The molecule has 0 spiro atoms. The van der Waals surface area contributed by atoms with Crippen molar-refractivity contribution in [3.8, 4) is 0 Å². The third kappa shape index (κ3) is 3.92. The van der Waals surface area contributed by atoms with Gasteiger partial charge in [-0.15, -0.1) is 0 Å². The second-order valence-corrected chi connectivity index (χ2v) is 2.41. The van der Waals surface area contributed by atoms with Gasteiger partial charge in [-0.3, -0.25) is 4.79 Å². The topological polar surface area (TPSA) is 92.4 Å². The lowest BCUT2D eigenvalue weighted by molar-refractivity contribution is -0.140. The van der Waals surface area contributed by atoms with Crippen molar-refractivity contribution >= 4 is 11.9 Å². The Balaban J connectivity index is 0.000000354. The van der Waals surface area contributed by atoms with Crippen LogP contribution in [0.2, 0.25) is 0 Å². The van der Waals surface area contributed by atoms with Crippen molar-refractivity contribution < 1.29 is 14.7 Å². The molecular formula is C7H14N2O3. The Hall–Kier alpha value is -1.10. The van der Waals surface area contributed by atoms with Crippen LogP contribution in [0.1, 0.15) is 19.8 Å². The monoisotopic (exact) mass is 174 g/mol. The van der Waals surface area contributed by atoms with Gasteiger partial charge in [-0.1, -0.05) is 6.92 Å². The highest BCUT2D eigenvalue weighted by atomic mass is 16.4. The fourth-order valence-corrected chi connectivity index (χ4v) is 0.799. The lowest BCUT2D eigenvalue weighted by Crippen LogP contribution is -2.32. The molecule has 1 aliphatic heterocycles. The highest BCUT2D eigenvalue weighted by molar-refractivity contribution is 5.87. The lowest BCUT2D eigenvalue weighted by Gasteiger charge is -1.99. The summed E-state index contributed by atoms with van der Waals surface area (Å²) in [4.78, 5) is 20.5. The number of carbonyl (C=O) groups excluding carboxylic acids is 1. The largest absolute Gasteiger partial charge is 0.480 e. The van der Waals surface area contributed by atoms with Gasteiger partial charge in [0.15, 0.2) is 0 Å². The number of carbonyl (C=O) groups is 2. The molecule has 0 radical (unpaired) electrons. The molecule has 5 heteroatoms. The van der Waals surface area contributed by atoms with E-state index in [9.17, 15) is 9.59 Å². The van der Waals surface area contributed by atoms with Crippen molar-refractivity contribution in [3.05, 3.63) is 0 Å². The molecule has 0 saturated carbocycles. The van der Waals surface area contributed by atoms with E-state index in [4.69, 9.17) is 10.8 Å². The molecule has 5 nitrogen and oxygen atoms in total. The molecule has 0 bridgehead atoms. The zero-order chi connectivity index (χ0) is 9.56. The molecule has 1 atom stereocenters. The van der Waals surface area contributed by atoms with E-state index in [1.54, 1.807) is 0 Å². The quantitative estimate of drug-likeness (QED) is 0.490. The number of aliphatic carboxylic acids is 1. The molecule has 12 heavy (non-hydrogen) atoms. The Bertz CT molecular complexity index is 170. The van der Waals surface area contributed by atoms with Crippen LogP contribution in [0, 0.1) is 0 Å². The van der Waals surface area contributed by atoms with Gasteiger partial charge in [0.25, 0.3) is 0 Å². The normalized spacial score (nSPS) is 20.8. The first-order valence-corrected chi connectivity index (χ1v) is 3.84. The standard InChI is InChI=1S/C5H7NO3.C2H7N/c7-4-2-1-3(6-4)5(8)9;1-2-3/h3H,1-2H2,(H,6,7)(H,8,9);2-3H2,1H3/t3-;/m0./s1. The van der Waals surface area contributed by atoms with Gasteiger partial charge < -0.3 is 16.2 Å². The zero-order valence-corrected chi connectivity index (χ0v) is 7.04. The fourth-order valence-electron chi connectivity index (χ4n) is 0.799. The van der Waals surface area contributed by atoms with Gasteiger partial charge in [-0.05, 0) is 13.0 Å². The van der Waals surface area contributed by atoms with Crippen LogP contribution in [0.4, 0.5) is 0 Å². The Morgan fingerprint density at radius 2 is 2.33 bits per heavy atom.